The Balaban J connectivity index is 2.18. The van der Waals surface area contributed by atoms with Crippen LogP contribution in [0.4, 0.5) is 0 Å². The van der Waals surface area contributed by atoms with Gasteiger partial charge >= 0.3 is 0 Å². The van der Waals surface area contributed by atoms with Crippen molar-refractivity contribution in [3.8, 4) is 0 Å². The normalized spacial score (nSPS) is 27.9. The molecule has 1 amide bonds. The van der Waals surface area contributed by atoms with Gasteiger partial charge in [0.1, 0.15) is 5.88 Å². The van der Waals surface area contributed by atoms with Gasteiger partial charge in [0.05, 0.1) is 6.10 Å². The standard InChI is InChI=1S/C8H14ClNO2/c1-10(8(12)4-9)5-6-2-7(11)3-6/h6-7,11H,2-5H2,1H3. The van der Waals surface area contributed by atoms with E-state index in [9.17, 15) is 4.79 Å². The summed E-state index contributed by atoms with van der Waals surface area (Å²) in [6, 6.07) is 0. The molecule has 1 fully saturated rings. The van der Waals surface area contributed by atoms with E-state index >= 15 is 0 Å². The van der Waals surface area contributed by atoms with Gasteiger partial charge < -0.3 is 10.0 Å². The third kappa shape index (κ3) is 2.35. The number of aliphatic hydroxyl groups excluding tert-OH is 1. The Morgan fingerprint density at radius 3 is 2.67 bits per heavy atom. The Morgan fingerprint density at radius 2 is 2.25 bits per heavy atom. The van der Waals surface area contributed by atoms with Crippen LogP contribution in [0.2, 0.25) is 0 Å². The summed E-state index contributed by atoms with van der Waals surface area (Å²) in [5.41, 5.74) is 0. The first-order chi connectivity index (χ1) is 5.63. The molecule has 1 N–H and O–H groups in total. The molecule has 0 atom stereocenters. The van der Waals surface area contributed by atoms with Crippen molar-refractivity contribution in [2.45, 2.75) is 18.9 Å². The van der Waals surface area contributed by atoms with E-state index in [4.69, 9.17) is 16.7 Å². The molecule has 0 saturated heterocycles. The van der Waals surface area contributed by atoms with Crippen LogP contribution in [0.3, 0.4) is 0 Å². The predicted molar refractivity (Wildman–Crippen MR) is 47.1 cm³/mol. The molecule has 70 valence electrons. The molecule has 0 radical (unpaired) electrons. The summed E-state index contributed by atoms with van der Waals surface area (Å²) in [5, 5.41) is 9.00. The zero-order valence-corrected chi connectivity index (χ0v) is 7.92. The van der Waals surface area contributed by atoms with Crippen molar-refractivity contribution in [1.29, 1.82) is 0 Å². The van der Waals surface area contributed by atoms with Crippen LogP contribution in [-0.2, 0) is 4.79 Å². The summed E-state index contributed by atoms with van der Waals surface area (Å²) in [7, 11) is 1.75. The summed E-state index contributed by atoms with van der Waals surface area (Å²) in [6.45, 7) is 0.725. The quantitative estimate of drug-likeness (QED) is 0.659. The van der Waals surface area contributed by atoms with E-state index in [1.54, 1.807) is 11.9 Å². The minimum atomic E-state index is -0.144. The zero-order valence-electron chi connectivity index (χ0n) is 7.16. The molecular formula is C8H14ClNO2. The molecule has 0 aliphatic heterocycles. The molecule has 1 saturated carbocycles. The Hall–Kier alpha value is -0.280. The number of hydrogen-bond acceptors (Lipinski definition) is 2. The monoisotopic (exact) mass is 191 g/mol. The van der Waals surface area contributed by atoms with Crippen LogP contribution in [-0.4, -0.2) is 41.5 Å². The molecule has 0 heterocycles. The SMILES string of the molecule is CN(CC1CC(O)C1)C(=O)CCl. The maximum absolute atomic E-state index is 11.0. The highest BCUT2D eigenvalue weighted by atomic mass is 35.5. The van der Waals surface area contributed by atoms with Crippen molar-refractivity contribution in [3.05, 3.63) is 0 Å². The van der Waals surface area contributed by atoms with Gasteiger partial charge in [-0.25, -0.2) is 0 Å². The highest BCUT2D eigenvalue weighted by Crippen LogP contribution is 2.27. The van der Waals surface area contributed by atoms with E-state index in [-0.39, 0.29) is 17.9 Å². The fourth-order valence-electron chi connectivity index (χ4n) is 1.44. The van der Waals surface area contributed by atoms with Gasteiger partial charge in [-0.2, -0.15) is 0 Å². The van der Waals surface area contributed by atoms with Gasteiger partial charge in [0, 0.05) is 13.6 Å². The smallest absolute Gasteiger partial charge is 0.237 e. The predicted octanol–water partition coefficient (Wildman–Crippen LogP) is 0.454. The Kier molecular flexibility index (Phi) is 3.35. The fraction of sp³-hybridized carbons (Fsp3) is 0.875. The first-order valence-electron chi connectivity index (χ1n) is 4.11. The van der Waals surface area contributed by atoms with Crippen molar-refractivity contribution < 1.29 is 9.90 Å². The Labute approximate surface area is 77.3 Å². The van der Waals surface area contributed by atoms with Crippen molar-refractivity contribution in [2.75, 3.05) is 19.5 Å². The average Bonchev–Trinajstić information content (AvgIpc) is 2.00. The number of carbonyl (C=O) groups is 1. The van der Waals surface area contributed by atoms with E-state index < -0.39 is 0 Å². The van der Waals surface area contributed by atoms with Crippen molar-refractivity contribution in [1.82, 2.24) is 4.90 Å². The van der Waals surface area contributed by atoms with Crippen LogP contribution in [0.15, 0.2) is 0 Å². The van der Waals surface area contributed by atoms with Crippen LogP contribution in [0.25, 0.3) is 0 Å². The topological polar surface area (TPSA) is 40.5 Å². The van der Waals surface area contributed by atoms with Gasteiger partial charge in [-0.05, 0) is 18.8 Å². The van der Waals surface area contributed by atoms with E-state index in [2.05, 4.69) is 0 Å². The molecule has 0 aromatic carbocycles. The van der Waals surface area contributed by atoms with Crippen LogP contribution in [0.5, 0.6) is 0 Å². The molecule has 0 unspecified atom stereocenters. The molecule has 0 aromatic rings. The lowest BCUT2D eigenvalue weighted by molar-refractivity contribution is -0.128. The second kappa shape index (κ2) is 4.10. The van der Waals surface area contributed by atoms with Crippen LogP contribution >= 0.6 is 11.6 Å². The van der Waals surface area contributed by atoms with Gasteiger partial charge in [-0.15, -0.1) is 11.6 Å². The van der Waals surface area contributed by atoms with Crippen LogP contribution in [0, 0.1) is 5.92 Å². The fourth-order valence-corrected chi connectivity index (χ4v) is 1.64. The van der Waals surface area contributed by atoms with Gasteiger partial charge in [0.25, 0.3) is 0 Å². The average molecular weight is 192 g/mol. The maximum atomic E-state index is 11.0. The number of halogens is 1. The summed E-state index contributed by atoms with van der Waals surface area (Å²) in [6.07, 6.45) is 1.49. The van der Waals surface area contributed by atoms with E-state index in [1.165, 1.54) is 0 Å². The van der Waals surface area contributed by atoms with Crippen molar-refractivity contribution in [3.63, 3.8) is 0 Å². The Bertz CT molecular complexity index is 168. The van der Waals surface area contributed by atoms with Crippen molar-refractivity contribution >= 4 is 17.5 Å². The minimum Gasteiger partial charge on any atom is -0.393 e. The number of aliphatic hydroxyl groups is 1. The van der Waals surface area contributed by atoms with E-state index in [0.717, 1.165) is 19.4 Å². The van der Waals surface area contributed by atoms with E-state index in [0.29, 0.717) is 5.92 Å². The lowest BCUT2D eigenvalue weighted by atomic mass is 9.82. The van der Waals surface area contributed by atoms with Gasteiger partial charge in [0.2, 0.25) is 5.91 Å². The molecule has 1 aliphatic rings. The Morgan fingerprint density at radius 1 is 1.67 bits per heavy atom. The van der Waals surface area contributed by atoms with Crippen LogP contribution < -0.4 is 0 Å². The highest BCUT2D eigenvalue weighted by molar-refractivity contribution is 6.27. The zero-order chi connectivity index (χ0) is 9.14. The lowest BCUT2D eigenvalue weighted by Crippen LogP contribution is -2.39. The largest absolute Gasteiger partial charge is 0.393 e. The van der Waals surface area contributed by atoms with Gasteiger partial charge in [0.15, 0.2) is 0 Å². The summed E-state index contributed by atoms with van der Waals surface area (Å²) in [5.74, 6) is 0.474. The lowest BCUT2D eigenvalue weighted by Gasteiger charge is -2.34. The maximum Gasteiger partial charge on any atom is 0.237 e. The summed E-state index contributed by atoms with van der Waals surface area (Å²) in [4.78, 5) is 12.6. The molecule has 1 rings (SSSR count). The van der Waals surface area contributed by atoms with Crippen molar-refractivity contribution in [2.24, 2.45) is 5.92 Å². The molecule has 0 bridgehead atoms. The number of nitrogens with zero attached hydrogens (tertiary/aromatic N) is 1. The van der Waals surface area contributed by atoms with E-state index in [1.807, 2.05) is 0 Å². The second-order valence-corrected chi connectivity index (χ2v) is 3.67. The number of alkyl halides is 1. The molecular weight excluding hydrogens is 178 g/mol. The molecule has 12 heavy (non-hydrogen) atoms. The number of rotatable bonds is 3. The second-order valence-electron chi connectivity index (χ2n) is 3.40. The summed E-state index contributed by atoms with van der Waals surface area (Å²) < 4.78 is 0. The summed E-state index contributed by atoms with van der Waals surface area (Å²) >= 11 is 5.38. The number of amides is 1. The molecule has 0 aromatic heterocycles. The van der Waals surface area contributed by atoms with Gasteiger partial charge in [-0.3, -0.25) is 4.79 Å². The third-order valence-corrected chi connectivity index (χ3v) is 2.51. The minimum absolute atomic E-state index is 0.0435. The first kappa shape index (κ1) is 9.81. The number of carbonyl (C=O) groups excluding carboxylic acids is 1. The third-order valence-electron chi connectivity index (χ3n) is 2.28. The van der Waals surface area contributed by atoms with Gasteiger partial charge in [-0.1, -0.05) is 0 Å². The first-order valence-corrected chi connectivity index (χ1v) is 4.65. The molecule has 1 aliphatic carbocycles. The molecule has 4 heteroatoms. The number of hydrogen-bond donors (Lipinski definition) is 1. The molecule has 0 spiro atoms. The molecule has 3 nitrogen and oxygen atoms in total. The van der Waals surface area contributed by atoms with Crippen LogP contribution in [0.1, 0.15) is 12.8 Å². The highest BCUT2D eigenvalue weighted by Gasteiger charge is 2.28.